The summed E-state index contributed by atoms with van der Waals surface area (Å²) in [6, 6.07) is 0. The number of carbonyl (C=O) groups is 2. The zero-order chi connectivity index (χ0) is 10.8. The number of carbonyl (C=O) groups excluding carboxylic acids is 2. The van der Waals surface area contributed by atoms with Crippen LogP contribution in [0.15, 0.2) is 0 Å². The van der Waals surface area contributed by atoms with Gasteiger partial charge < -0.3 is 11.1 Å². The van der Waals surface area contributed by atoms with Gasteiger partial charge in [-0.3, -0.25) is 9.59 Å². The highest BCUT2D eigenvalue weighted by atomic mass is 16.2. The number of rotatable bonds is 4. The van der Waals surface area contributed by atoms with Crippen LogP contribution in [0.25, 0.3) is 0 Å². The molecule has 0 heterocycles. The fourth-order valence-electron chi connectivity index (χ4n) is 1.80. The van der Waals surface area contributed by atoms with Gasteiger partial charge in [0.05, 0.1) is 0 Å². The van der Waals surface area contributed by atoms with E-state index in [0.29, 0.717) is 6.54 Å². The molecule has 3 N–H and O–H groups in total. The molecule has 1 saturated carbocycles. The molecular weight excluding hydrogens is 180 g/mol. The quantitative estimate of drug-likeness (QED) is 0.634. The molecule has 4 heteroatoms. The van der Waals surface area contributed by atoms with Crippen molar-refractivity contribution in [1.29, 1.82) is 0 Å². The van der Waals surface area contributed by atoms with E-state index < -0.39 is 5.54 Å². The molecule has 80 valence electrons. The summed E-state index contributed by atoms with van der Waals surface area (Å²) in [4.78, 5) is 23.1. The lowest BCUT2D eigenvalue weighted by atomic mass is 9.69. The van der Waals surface area contributed by atoms with E-state index in [9.17, 15) is 9.59 Å². The number of amides is 1. The lowest BCUT2D eigenvalue weighted by Crippen LogP contribution is -2.64. The molecule has 0 aliphatic heterocycles. The number of Topliss-reactive ketones (excluding diaryl/α,β-unsaturated/α-hetero) is 1. The van der Waals surface area contributed by atoms with Gasteiger partial charge in [0, 0.05) is 6.54 Å². The average molecular weight is 198 g/mol. The maximum absolute atomic E-state index is 11.7. The van der Waals surface area contributed by atoms with Crippen LogP contribution in [0, 0.1) is 5.92 Å². The number of nitrogens with two attached hydrogens (primary N) is 1. The highest BCUT2D eigenvalue weighted by molar-refractivity contribution is 6.09. The standard InChI is InChI=1S/C10H18N2O2/c1-3-12-9(14)10(11,7(2)13)8-5-4-6-8/h8H,3-6,11H2,1-2H3,(H,12,14)/t10-/m0/s1. The highest BCUT2D eigenvalue weighted by Gasteiger charge is 2.48. The lowest BCUT2D eigenvalue weighted by molar-refractivity contribution is -0.139. The van der Waals surface area contributed by atoms with Gasteiger partial charge >= 0.3 is 0 Å². The third-order valence-corrected chi connectivity index (χ3v) is 3.04. The largest absolute Gasteiger partial charge is 0.354 e. The summed E-state index contributed by atoms with van der Waals surface area (Å²) in [5.74, 6) is -0.517. The molecule has 0 bridgehead atoms. The van der Waals surface area contributed by atoms with Crippen molar-refractivity contribution in [3.05, 3.63) is 0 Å². The second-order valence-electron chi connectivity index (χ2n) is 3.91. The van der Waals surface area contributed by atoms with Crippen molar-refractivity contribution in [2.75, 3.05) is 6.54 Å². The minimum absolute atomic E-state index is 0.0338. The Kier molecular flexibility index (Phi) is 3.26. The Balaban J connectivity index is 2.80. The van der Waals surface area contributed by atoms with Gasteiger partial charge in [0.15, 0.2) is 11.3 Å². The molecule has 0 spiro atoms. The van der Waals surface area contributed by atoms with Gasteiger partial charge in [-0.2, -0.15) is 0 Å². The van der Waals surface area contributed by atoms with Gasteiger partial charge in [0.2, 0.25) is 5.91 Å². The molecular formula is C10H18N2O2. The first-order valence-corrected chi connectivity index (χ1v) is 5.11. The fourth-order valence-corrected chi connectivity index (χ4v) is 1.80. The zero-order valence-corrected chi connectivity index (χ0v) is 8.80. The number of ketones is 1. The van der Waals surface area contributed by atoms with Gasteiger partial charge in [-0.1, -0.05) is 6.42 Å². The molecule has 0 unspecified atom stereocenters. The Morgan fingerprint density at radius 2 is 2.07 bits per heavy atom. The molecule has 1 fully saturated rings. The Morgan fingerprint density at radius 3 is 2.36 bits per heavy atom. The van der Waals surface area contributed by atoms with Crippen LogP contribution in [-0.2, 0) is 9.59 Å². The fraction of sp³-hybridized carbons (Fsp3) is 0.800. The molecule has 1 amide bonds. The summed E-state index contributed by atoms with van der Waals surface area (Å²) >= 11 is 0. The summed E-state index contributed by atoms with van der Waals surface area (Å²) in [5, 5.41) is 2.63. The highest BCUT2D eigenvalue weighted by Crippen LogP contribution is 2.35. The van der Waals surface area contributed by atoms with E-state index in [0.717, 1.165) is 19.3 Å². The molecule has 1 atom stereocenters. The van der Waals surface area contributed by atoms with Crippen LogP contribution in [0.5, 0.6) is 0 Å². The molecule has 0 aromatic rings. The minimum atomic E-state index is -1.28. The predicted octanol–water partition coefficient (Wildman–Crippen LogP) is 0.209. The first-order chi connectivity index (χ1) is 6.53. The van der Waals surface area contributed by atoms with E-state index >= 15 is 0 Å². The molecule has 0 aromatic heterocycles. The van der Waals surface area contributed by atoms with Crippen LogP contribution in [0.3, 0.4) is 0 Å². The first-order valence-electron chi connectivity index (χ1n) is 5.11. The van der Waals surface area contributed by atoms with Crippen LogP contribution in [0.2, 0.25) is 0 Å². The van der Waals surface area contributed by atoms with Crippen molar-refractivity contribution < 1.29 is 9.59 Å². The zero-order valence-electron chi connectivity index (χ0n) is 8.80. The van der Waals surface area contributed by atoms with Gasteiger partial charge in [0.1, 0.15) is 0 Å². The molecule has 0 radical (unpaired) electrons. The van der Waals surface area contributed by atoms with Crippen molar-refractivity contribution in [2.45, 2.75) is 38.6 Å². The van der Waals surface area contributed by atoms with Crippen LogP contribution < -0.4 is 11.1 Å². The summed E-state index contributed by atoms with van der Waals surface area (Å²) in [7, 11) is 0. The molecule has 14 heavy (non-hydrogen) atoms. The van der Waals surface area contributed by atoms with Gasteiger partial charge in [-0.05, 0) is 32.6 Å². The van der Waals surface area contributed by atoms with Crippen LogP contribution in [0.4, 0.5) is 0 Å². The van der Waals surface area contributed by atoms with Crippen LogP contribution >= 0.6 is 0 Å². The second-order valence-corrected chi connectivity index (χ2v) is 3.91. The van der Waals surface area contributed by atoms with E-state index in [-0.39, 0.29) is 17.6 Å². The van der Waals surface area contributed by atoms with Gasteiger partial charge in [-0.15, -0.1) is 0 Å². The number of likely N-dealkylation sites (N-methyl/N-ethyl adjacent to an activating group) is 1. The SMILES string of the molecule is CCNC(=O)[C@](N)(C(C)=O)C1CCC1. The van der Waals surface area contributed by atoms with E-state index in [1.807, 2.05) is 6.92 Å². The summed E-state index contributed by atoms with van der Waals surface area (Å²) in [6.07, 6.45) is 2.83. The van der Waals surface area contributed by atoms with E-state index in [4.69, 9.17) is 5.73 Å². The molecule has 0 aromatic carbocycles. The summed E-state index contributed by atoms with van der Waals surface area (Å²) in [5.41, 5.74) is 4.63. The summed E-state index contributed by atoms with van der Waals surface area (Å²) < 4.78 is 0. The van der Waals surface area contributed by atoms with Crippen molar-refractivity contribution in [2.24, 2.45) is 11.7 Å². The number of hydrogen-bond donors (Lipinski definition) is 2. The molecule has 0 saturated heterocycles. The van der Waals surface area contributed by atoms with E-state index in [2.05, 4.69) is 5.32 Å². The smallest absolute Gasteiger partial charge is 0.248 e. The molecule has 1 aliphatic rings. The predicted molar refractivity (Wildman–Crippen MR) is 53.6 cm³/mol. The van der Waals surface area contributed by atoms with Crippen molar-refractivity contribution >= 4 is 11.7 Å². The van der Waals surface area contributed by atoms with E-state index in [1.165, 1.54) is 6.92 Å². The topological polar surface area (TPSA) is 72.2 Å². The van der Waals surface area contributed by atoms with E-state index in [1.54, 1.807) is 0 Å². The molecule has 1 rings (SSSR count). The molecule has 1 aliphatic carbocycles. The molecule has 4 nitrogen and oxygen atoms in total. The van der Waals surface area contributed by atoms with Crippen LogP contribution in [0.1, 0.15) is 33.1 Å². The lowest BCUT2D eigenvalue weighted by Gasteiger charge is -2.39. The third kappa shape index (κ3) is 1.66. The number of hydrogen-bond acceptors (Lipinski definition) is 3. The minimum Gasteiger partial charge on any atom is -0.354 e. The Bertz CT molecular complexity index is 249. The average Bonchev–Trinajstić information content (AvgIpc) is 2.00. The first kappa shape index (κ1) is 11.2. The van der Waals surface area contributed by atoms with Gasteiger partial charge in [-0.25, -0.2) is 0 Å². The maximum atomic E-state index is 11.7. The Hall–Kier alpha value is -0.900. The summed E-state index contributed by atoms with van der Waals surface area (Å²) in [6.45, 7) is 3.73. The maximum Gasteiger partial charge on any atom is 0.248 e. The Morgan fingerprint density at radius 1 is 1.50 bits per heavy atom. The van der Waals surface area contributed by atoms with Crippen molar-refractivity contribution in [3.8, 4) is 0 Å². The van der Waals surface area contributed by atoms with Crippen molar-refractivity contribution in [3.63, 3.8) is 0 Å². The Labute approximate surface area is 84.2 Å². The normalized spacial score (nSPS) is 20.8. The third-order valence-electron chi connectivity index (χ3n) is 3.04. The van der Waals surface area contributed by atoms with Gasteiger partial charge in [0.25, 0.3) is 0 Å². The second kappa shape index (κ2) is 4.09. The van der Waals surface area contributed by atoms with Crippen LogP contribution in [-0.4, -0.2) is 23.8 Å². The monoisotopic (exact) mass is 198 g/mol. The number of nitrogens with one attached hydrogen (secondary N) is 1. The van der Waals surface area contributed by atoms with Crippen molar-refractivity contribution in [1.82, 2.24) is 5.32 Å².